The summed E-state index contributed by atoms with van der Waals surface area (Å²) < 4.78 is 0. The van der Waals surface area contributed by atoms with E-state index < -0.39 is 0 Å². The minimum atomic E-state index is 0.201. The second-order valence-electron chi connectivity index (χ2n) is 18.6. The van der Waals surface area contributed by atoms with E-state index in [0.29, 0.717) is 11.8 Å². The van der Waals surface area contributed by atoms with Crippen molar-refractivity contribution >= 4 is 39.6 Å². The average Bonchev–Trinajstić information content (AvgIpc) is 3.43. The zero-order chi connectivity index (χ0) is 45.5. The Bertz CT molecular complexity index is 3040. The zero-order valence-corrected chi connectivity index (χ0v) is 38.7. The molecule has 0 aromatic heterocycles. The molecule has 5 aliphatic rings. The van der Waals surface area contributed by atoms with Gasteiger partial charge in [0.1, 0.15) is 0 Å². The Balaban J connectivity index is 0.875. The van der Waals surface area contributed by atoms with Crippen LogP contribution in [0.3, 0.4) is 0 Å². The summed E-state index contributed by atoms with van der Waals surface area (Å²) in [5, 5.41) is 0. The number of hydrogen-bond acceptors (Lipinski definition) is 2. The maximum absolute atomic E-state index is 2.48. The highest BCUT2D eigenvalue weighted by Crippen LogP contribution is 2.44. The van der Waals surface area contributed by atoms with Crippen molar-refractivity contribution in [1.82, 2.24) is 0 Å². The molecule has 4 atom stereocenters. The molecule has 0 bridgehead atoms. The standard InChI is InChI=1S/C66H58N2/c1-6-17-49(18-7-1)53-33-39-61(40-34-53)67(59-25-12-4-13-26-59)62-41-37-55(38-42-62)52-29-31-56(32-30-52)65-46-45-64(48-66(65)58-24-16-23-57(47-58)51-21-10-3-11-22-51)68(60-27-14-5-15-28-60)63-43-35-54(36-44-63)50-19-8-2-9-20-50/h1-8,10-19,21,23-31,33-41,43-46,48,51,56-57,62H,9,20,22,32,42,47H2. The fourth-order valence-electron chi connectivity index (χ4n) is 10.7. The lowest BCUT2D eigenvalue weighted by Gasteiger charge is -2.33. The largest absolute Gasteiger partial charge is 0.334 e. The third kappa shape index (κ3) is 9.33. The molecule has 11 rings (SSSR count). The Morgan fingerprint density at radius 1 is 0.426 bits per heavy atom. The molecule has 6 aromatic carbocycles. The second-order valence-corrected chi connectivity index (χ2v) is 18.6. The van der Waals surface area contributed by atoms with Crippen LogP contribution in [0, 0.1) is 11.8 Å². The van der Waals surface area contributed by atoms with E-state index in [1.807, 2.05) is 0 Å². The first-order valence-corrected chi connectivity index (χ1v) is 24.6. The van der Waals surface area contributed by atoms with Crippen molar-refractivity contribution in [2.75, 3.05) is 9.80 Å². The number of rotatable bonds is 12. The molecule has 0 heterocycles. The van der Waals surface area contributed by atoms with Crippen LogP contribution in [-0.2, 0) is 0 Å². The van der Waals surface area contributed by atoms with Crippen LogP contribution in [0.4, 0.5) is 28.4 Å². The summed E-state index contributed by atoms with van der Waals surface area (Å²) >= 11 is 0. The van der Waals surface area contributed by atoms with Gasteiger partial charge in [-0.2, -0.15) is 0 Å². The molecule has 0 amide bonds. The summed E-state index contributed by atoms with van der Waals surface area (Å²) in [5.41, 5.74) is 17.8. The van der Waals surface area contributed by atoms with E-state index in [0.717, 1.165) is 49.9 Å². The van der Waals surface area contributed by atoms with Gasteiger partial charge in [0.15, 0.2) is 0 Å². The van der Waals surface area contributed by atoms with Gasteiger partial charge in [-0.25, -0.2) is 0 Å². The molecule has 5 aliphatic carbocycles. The van der Waals surface area contributed by atoms with Gasteiger partial charge in [-0.15, -0.1) is 0 Å². The van der Waals surface area contributed by atoms with Gasteiger partial charge in [-0.05, 0) is 161 Å². The number of allylic oxidation sites excluding steroid dienone is 18. The van der Waals surface area contributed by atoms with Crippen LogP contribution < -0.4 is 9.80 Å². The monoisotopic (exact) mass is 878 g/mol. The highest BCUT2D eigenvalue weighted by atomic mass is 15.2. The third-order valence-electron chi connectivity index (χ3n) is 14.4. The third-order valence-corrected chi connectivity index (χ3v) is 14.4. The van der Waals surface area contributed by atoms with Crippen LogP contribution in [0.2, 0.25) is 0 Å². The SMILES string of the molecule is C1=CCCC(c2ccc(N(c3ccccc3)c3ccc(C4C=CC(C5=CCC(N(c6ccccc6)c6ccc(-c7ccccc7)cc6)C=C5)=CC4)c(C4=CC=CC(C5C=CC=CC5)C4)c3)cc2)=C1. The van der Waals surface area contributed by atoms with Gasteiger partial charge in [0, 0.05) is 34.4 Å². The van der Waals surface area contributed by atoms with Crippen molar-refractivity contribution < 1.29 is 0 Å². The van der Waals surface area contributed by atoms with Gasteiger partial charge >= 0.3 is 0 Å². The van der Waals surface area contributed by atoms with Gasteiger partial charge in [0.05, 0.1) is 6.04 Å². The molecule has 0 fully saturated rings. The van der Waals surface area contributed by atoms with E-state index in [4.69, 9.17) is 0 Å². The molecule has 0 radical (unpaired) electrons. The van der Waals surface area contributed by atoms with Crippen molar-refractivity contribution in [3.8, 4) is 11.1 Å². The van der Waals surface area contributed by atoms with Crippen LogP contribution in [0.15, 0.2) is 266 Å². The van der Waals surface area contributed by atoms with Gasteiger partial charge < -0.3 is 9.80 Å². The average molecular weight is 879 g/mol. The van der Waals surface area contributed by atoms with Crippen molar-refractivity contribution in [2.45, 2.75) is 50.5 Å². The first-order chi connectivity index (χ1) is 33.7. The summed E-state index contributed by atoms with van der Waals surface area (Å²) in [7, 11) is 0. The van der Waals surface area contributed by atoms with Crippen LogP contribution in [-0.4, -0.2) is 6.04 Å². The molecule has 6 aromatic rings. The summed E-state index contributed by atoms with van der Waals surface area (Å²) in [5.74, 6) is 1.24. The number of para-hydroxylation sites is 2. The summed E-state index contributed by atoms with van der Waals surface area (Å²) in [6.45, 7) is 0. The maximum Gasteiger partial charge on any atom is 0.0560 e. The molecule has 0 spiro atoms. The zero-order valence-electron chi connectivity index (χ0n) is 38.7. The highest BCUT2D eigenvalue weighted by molar-refractivity contribution is 5.83. The van der Waals surface area contributed by atoms with Crippen LogP contribution >= 0.6 is 0 Å². The quantitative estimate of drug-likeness (QED) is 0.121. The molecule has 0 aliphatic heterocycles. The fourth-order valence-corrected chi connectivity index (χ4v) is 10.7. The summed E-state index contributed by atoms with van der Waals surface area (Å²) in [6, 6.07) is 58.0. The molecular formula is C66H58N2. The number of hydrogen-bond donors (Lipinski definition) is 0. The first-order valence-electron chi connectivity index (χ1n) is 24.6. The Labute approximate surface area is 403 Å². The molecular weight excluding hydrogens is 821 g/mol. The molecule has 0 N–H and O–H groups in total. The molecule has 0 saturated carbocycles. The molecule has 2 heteroatoms. The molecule has 332 valence electrons. The number of anilines is 5. The molecule has 4 unspecified atom stereocenters. The maximum atomic E-state index is 2.48. The lowest BCUT2D eigenvalue weighted by molar-refractivity contribution is 0.483. The normalized spacial score (nSPS) is 20.6. The summed E-state index contributed by atoms with van der Waals surface area (Å²) in [4.78, 5) is 4.91. The Hall–Kier alpha value is -7.68. The molecule has 2 nitrogen and oxygen atoms in total. The van der Waals surface area contributed by atoms with E-state index in [1.54, 1.807) is 0 Å². The Kier molecular flexibility index (Phi) is 12.7. The predicted octanol–water partition coefficient (Wildman–Crippen LogP) is 17.7. The second kappa shape index (κ2) is 20.0. The van der Waals surface area contributed by atoms with E-state index in [2.05, 4.69) is 265 Å². The molecule has 68 heavy (non-hydrogen) atoms. The topological polar surface area (TPSA) is 6.48 Å². The van der Waals surface area contributed by atoms with Gasteiger partial charge in [0.2, 0.25) is 0 Å². The van der Waals surface area contributed by atoms with Crippen molar-refractivity contribution in [3.05, 3.63) is 283 Å². The van der Waals surface area contributed by atoms with Crippen LogP contribution in [0.25, 0.3) is 22.3 Å². The minimum Gasteiger partial charge on any atom is -0.334 e. The number of benzene rings is 6. The van der Waals surface area contributed by atoms with Crippen LogP contribution in [0.1, 0.15) is 61.1 Å². The van der Waals surface area contributed by atoms with Crippen LogP contribution in [0.5, 0.6) is 0 Å². The van der Waals surface area contributed by atoms with E-state index in [-0.39, 0.29) is 12.0 Å². The molecule has 0 saturated heterocycles. The lowest BCUT2D eigenvalue weighted by Crippen LogP contribution is -2.30. The highest BCUT2D eigenvalue weighted by Gasteiger charge is 2.27. The van der Waals surface area contributed by atoms with E-state index in [9.17, 15) is 0 Å². The van der Waals surface area contributed by atoms with E-state index in [1.165, 1.54) is 67.2 Å². The van der Waals surface area contributed by atoms with Gasteiger partial charge in [-0.3, -0.25) is 0 Å². The Morgan fingerprint density at radius 2 is 1.04 bits per heavy atom. The van der Waals surface area contributed by atoms with Crippen molar-refractivity contribution in [2.24, 2.45) is 11.8 Å². The Morgan fingerprint density at radius 3 is 1.72 bits per heavy atom. The fraction of sp³-hybridized carbons (Fsp3) is 0.152. The minimum absolute atomic E-state index is 0.201. The number of nitrogens with zero attached hydrogens (tertiary/aromatic N) is 2. The van der Waals surface area contributed by atoms with Gasteiger partial charge in [0.25, 0.3) is 0 Å². The van der Waals surface area contributed by atoms with Crippen molar-refractivity contribution in [3.63, 3.8) is 0 Å². The summed E-state index contributed by atoms with van der Waals surface area (Å²) in [6.07, 6.45) is 43.7. The van der Waals surface area contributed by atoms with Gasteiger partial charge in [-0.1, -0.05) is 194 Å². The predicted molar refractivity (Wildman–Crippen MR) is 290 cm³/mol. The first kappa shape index (κ1) is 42.9. The lowest BCUT2D eigenvalue weighted by atomic mass is 9.76. The van der Waals surface area contributed by atoms with E-state index >= 15 is 0 Å². The van der Waals surface area contributed by atoms with Crippen molar-refractivity contribution in [1.29, 1.82) is 0 Å². The smallest absolute Gasteiger partial charge is 0.0560 e.